The molecule has 3 aromatic heterocycles. The summed E-state index contributed by atoms with van der Waals surface area (Å²) in [5.41, 5.74) is 3.20. The van der Waals surface area contributed by atoms with Crippen LogP contribution in [0.2, 0.25) is 5.28 Å². The molecule has 0 radical (unpaired) electrons. The second-order valence-corrected chi connectivity index (χ2v) is 7.22. The molecule has 0 aromatic carbocycles. The van der Waals surface area contributed by atoms with Gasteiger partial charge >= 0.3 is 0 Å². The van der Waals surface area contributed by atoms with E-state index in [0.29, 0.717) is 24.0 Å². The molecule has 1 saturated carbocycles. The Morgan fingerprint density at radius 1 is 1.23 bits per heavy atom. The Morgan fingerprint density at radius 2 is 2.00 bits per heavy atom. The van der Waals surface area contributed by atoms with E-state index in [-0.39, 0.29) is 10.8 Å². The molecule has 0 aliphatic heterocycles. The highest BCUT2D eigenvalue weighted by Gasteiger charge is 2.21. The lowest BCUT2D eigenvalue weighted by Crippen LogP contribution is -2.25. The molecule has 26 heavy (non-hydrogen) atoms. The summed E-state index contributed by atoms with van der Waals surface area (Å²) in [6.07, 6.45) is 6.54. The van der Waals surface area contributed by atoms with Gasteiger partial charge in [0.05, 0.1) is 13.0 Å². The summed E-state index contributed by atoms with van der Waals surface area (Å²) in [4.78, 5) is 25.4. The van der Waals surface area contributed by atoms with Crippen molar-refractivity contribution in [2.24, 2.45) is 0 Å². The molecule has 1 aliphatic carbocycles. The largest absolute Gasteiger partial charge is 0.350 e. The van der Waals surface area contributed by atoms with Crippen molar-refractivity contribution in [1.29, 1.82) is 0 Å². The van der Waals surface area contributed by atoms with Crippen LogP contribution in [-0.2, 0) is 6.67 Å². The van der Waals surface area contributed by atoms with Gasteiger partial charge in [-0.1, -0.05) is 12.8 Å². The maximum Gasteiger partial charge on any atom is 0.252 e. The number of fused-ring (bicyclic) bond motifs is 1. The third-order valence-electron chi connectivity index (χ3n) is 5.00. The summed E-state index contributed by atoms with van der Waals surface area (Å²) in [7, 11) is 0. The van der Waals surface area contributed by atoms with E-state index in [1.54, 1.807) is 10.6 Å². The zero-order valence-electron chi connectivity index (χ0n) is 14.9. The van der Waals surface area contributed by atoms with Gasteiger partial charge in [-0.25, -0.2) is 4.98 Å². The highest BCUT2D eigenvalue weighted by Crippen LogP contribution is 2.32. The van der Waals surface area contributed by atoms with E-state index in [9.17, 15) is 4.79 Å². The standard InChI is InChI=1S/C18H21ClN6O/c1-11-7-12(2)24(14(26)8-11)10-21-16-15-17(23-18(19)22-16)25(9-20-15)13-5-3-4-6-13/h7-9,13H,3-6,10H2,1-2H3,(H,21,22,23). The second kappa shape index (κ2) is 6.72. The van der Waals surface area contributed by atoms with Crippen molar-refractivity contribution in [3.8, 4) is 0 Å². The van der Waals surface area contributed by atoms with E-state index >= 15 is 0 Å². The SMILES string of the molecule is Cc1cc(C)n(CNc2nc(Cl)nc3c2ncn3C2CCCC2)c(=O)c1. The fraction of sp³-hybridized carbons (Fsp3) is 0.444. The number of halogens is 1. The van der Waals surface area contributed by atoms with Gasteiger partial charge in [0.15, 0.2) is 17.0 Å². The average Bonchev–Trinajstić information content (AvgIpc) is 3.22. The van der Waals surface area contributed by atoms with Crippen LogP contribution >= 0.6 is 11.6 Å². The molecule has 136 valence electrons. The van der Waals surface area contributed by atoms with Gasteiger partial charge < -0.3 is 9.88 Å². The minimum absolute atomic E-state index is 0.0529. The van der Waals surface area contributed by atoms with E-state index in [0.717, 1.165) is 29.7 Å². The molecule has 0 amide bonds. The van der Waals surface area contributed by atoms with Crippen LogP contribution in [0.3, 0.4) is 0 Å². The third-order valence-corrected chi connectivity index (χ3v) is 5.17. The van der Waals surface area contributed by atoms with Gasteiger partial charge in [0.2, 0.25) is 5.28 Å². The van der Waals surface area contributed by atoms with E-state index in [2.05, 4.69) is 24.8 Å². The first-order chi connectivity index (χ1) is 12.5. The first kappa shape index (κ1) is 17.0. The highest BCUT2D eigenvalue weighted by molar-refractivity contribution is 6.28. The molecular formula is C18H21ClN6O. The number of nitrogens with zero attached hydrogens (tertiary/aromatic N) is 5. The number of hydrogen-bond acceptors (Lipinski definition) is 5. The summed E-state index contributed by atoms with van der Waals surface area (Å²) >= 11 is 6.15. The fourth-order valence-electron chi connectivity index (χ4n) is 3.71. The second-order valence-electron chi connectivity index (χ2n) is 6.88. The Bertz CT molecular complexity index is 1020. The van der Waals surface area contributed by atoms with Crippen LogP contribution in [0.15, 0.2) is 23.3 Å². The molecule has 1 aliphatic rings. The fourth-order valence-corrected chi connectivity index (χ4v) is 3.88. The summed E-state index contributed by atoms with van der Waals surface area (Å²) in [6.45, 7) is 4.12. The van der Waals surface area contributed by atoms with Crippen LogP contribution in [0.5, 0.6) is 0 Å². The lowest BCUT2D eigenvalue weighted by molar-refractivity contribution is 0.529. The van der Waals surface area contributed by atoms with Crippen LogP contribution in [-0.4, -0.2) is 24.1 Å². The van der Waals surface area contributed by atoms with Crippen molar-refractivity contribution < 1.29 is 0 Å². The molecule has 4 rings (SSSR count). The summed E-state index contributed by atoms with van der Waals surface area (Å²) in [5, 5.41) is 3.38. The van der Waals surface area contributed by atoms with Gasteiger partial charge in [0.25, 0.3) is 5.56 Å². The number of aryl methyl sites for hydroxylation is 2. The Labute approximate surface area is 156 Å². The zero-order chi connectivity index (χ0) is 18.3. The molecule has 8 heteroatoms. The maximum atomic E-state index is 12.2. The molecule has 1 N–H and O–H groups in total. The van der Waals surface area contributed by atoms with Crippen molar-refractivity contribution in [2.75, 3.05) is 5.32 Å². The number of rotatable bonds is 4. The number of aromatic nitrogens is 5. The molecule has 3 aromatic rings. The molecular weight excluding hydrogens is 352 g/mol. The van der Waals surface area contributed by atoms with E-state index in [1.165, 1.54) is 12.8 Å². The first-order valence-corrected chi connectivity index (χ1v) is 9.23. The third kappa shape index (κ3) is 3.07. The predicted molar refractivity (Wildman–Crippen MR) is 102 cm³/mol. The number of anilines is 1. The predicted octanol–water partition coefficient (Wildman–Crippen LogP) is 3.44. The van der Waals surface area contributed by atoms with Crippen molar-refractivity contribution in [1.82, 2.24) is 24.1 Å². The lowest BCUT2D eigenvalue weighted by Gasteiger charge is -2.14. The monoisotopic (exact) mass is 372 g/mol. The minimum Gasteiger partial charge on any atom is -0.350 e. The molecule has 0 unspecified atom stereocenters. The molecule has 0 bridgehead atoms. The van der Waals surface area contributed by atoms with Gasteiger partial charge in [-0.15, -0.1) is 0 Å². The highest BCUT2D eigenvalue weighted by atomic mass is 35.5. The number of nitrogens with one attached hydrogen (secondary N) is 1. The lowest BCUT2D eigenvalue weighted by atomic mass is 10.2. The van der Waals surface area contributed by atoms with Gasteiger partial charge in [0.1, 0.15) is 0 Å². The van der Waals surface area contributed by atoms with E-state index < -0.39 is 0 Å². The van der Waals surface area contributed by atoms with E-state index in [4.69, 9.17) is 11.6 Å². The van der Waals surface area contributed by atoms with Gasteiger partial charge in [-0.3, -0.25) is 9.36 Å². The molecule has 0 atom stereocenters. The van der Waals surface area contributed by atoms with Crippen LogP contribution in [0, 0.1) is 13.8 Å². The Kier molecular flexibility index (Phi) is 4.40. The smallest absolute Gasteiger partial charge is 0.252 e. The number of pyridine rings is 1. The van der Waals surface area contributed by atoms with E-state index in [1.807, 2.05) is 26.2 Å². The van der Waals surface area contributed by atoms with Crippen LogP contribution < -0.4 is 10.9 Å². The average molecular weight is 373 g/mol. The molecule has 3 heterocycles. The summed E-state index contributed by atoms with van der Waals surface area (Å²) in [5.74, 6) is 0.545. The Hall–Kier alpha value is -2.41. The van der Waals surface area contributed by atoms with Crippen molar-refractivity contribution >= 4 is 28.6 Å². The first-order valence-electron chi connectivity index (χ1n) is 8.85. The normalized spacial score (nSPS) is 15.0. The molecule has 0 saturated heterocycles. The van der Waals surface area contributed by atoms with Gasteiger partial charge in [-0.05, 0) is 49.9 Å². The molecule has 1 fully saturated rings. The van der Waals surface area contributed by atoms with Crippen molar-refractivity contribution in [3.63, 3.8) is 0 Å². The quantitative estimate of drug-likeness (QED) is 0.710. The zero-order valence-corrected chi connectivity index (χ0v) is 15.6. The van der Waals surface area contributed by atoms with Crippen molar-refractivity contribution in [2.45, 2.75) is 52.2 Å². The number of hydrogen-bond donors (Lipinski definition) is 1. The van der Waals surface area contributed by atoms with Crippen LogP contribution in [0.1, 0.15) is 43.0 Å². The van der Waals surface area contributed by atoms with Gasteiger partial charge in [-0.2, -0.15) is 9.97 Å². The molecule has 0 spiro atoms. The van der Waals surface area contributed by atoms with Gasteiger partial charge in [0, 0.05) is 17.8 Å². The van der Waals surface area contributed by atoms with Crippen LogP contribution in [0.4, 0.5) is 5.82 Å². The number of imidazole rings is 1. The minimum atomic E-state index is -0.0529. The maximum absolute atomic E-state index is 12.2. The summed E-state index contributed by atoms with van der Waals surface area (Å²) < 4.78 is 3.76. The Morgan fingerprint density at radius 3 is 2.73 bits per heavy atom. The topological polar surface area (TPSA) is 77.6 Å². The van der Waals surface area contributed by atoms with Crippen LogP contribution in [0.25, 0.3) is 11.2 Å². The summed E-state index contributed by atoms with van der Waals surface area (Å²) in [6, 6.07) is 4.01. The Balaban J connectivity index is 1.68. The molecule has 7 nitrogen and oxygen atoms in total. The van der Waals surface area contributed by atoms with Crippen molar-refractivity contribution in [3.05, 3.63) is 45.4 Å².